The Morgan fingerprint density at radius 2 is 1.76 bits per heavy atom. The summed E-state index contributed by atoms with van der Waals surface area (Å²) in [6, 6.07) is 10.5. The second kappa shape index (κ2) is 7.29. The topological polar surface area (TPSA) is 98.4 Å². The SMILES string of the molecule is Cc1ccc(Oc2ccc(C(=O)N3CCC(C(N)=O)CC3)cc2)nn1. The third-order valence-electron chi connectivity index (χ3n) is 4.28. The number of aryl methyl sites for hydroxylation is 1. The second-order valence-corrected chi connectivity index (χ2v) is 6.11. The smallest absolute Gasteiger partial charge is 0.253 e. The molecule has 1 fully saturated rings. The van der Waals surface area contributed by atoms with Gasteiger partial charge in [-0.05, 0) is 50.1 Å². The number of piperidine rings is 1. The molecule has 25 heavy (non-hydrogen) atoms. The fraction of sp³-hybridized carbons (Fsp3) is 0.333. The summed E-state index contributed by atoms with van der Waals surface area (Å²) in [5, 5.41) is 7.87. The number of likely N-dealkylation sites (tertiary alicyclic amines) is 1. The highest BCUT2D eigenvalue weighted by molar-refractivity contribution is 5.94. The zero-order valence-corrected chi connectivity index (χ0v) is 14.0. The van der Waals surface area contributed by atoms with E-state index in [2.05, 4.69) is 10.2 Å². The van der Waals surface area contributed by atoms with Crippen LogP contribution < -0.4 is 10.5 Å². The minimum absolute atomic E-state index is 0.0513. The van der Waals surface area contributed by atoms with Gasteiger partial charge in [-0.1, -0.05) is 0 Å². The zero-order valence-electron chi connectivity index (χ0n) is 14.0. The summed E-state index contributed by atoms with van der Waals surface area (Å²) < 4.78 is 5.60. The summed E-state index contributed by atoms with van der Waals surface area (Å²) in [5.41, 5.74) is 6.72. The Balaban J connectivity index is 1.61. The molecule has 0 spiro atoms. The van der Waals surface area contributed by atoms with Crippen molar-refractivity contribution >= 4 is 11.8 Å². The normalized spacial score (nSPS) is 15.0. The maximum atomic E-state index is 12.5. The lowest BCUT2D eigenvalue weighted by atomic mass is 9.96. The van der Waals surface area contributed by atoms with Gasteiger partial charge in [0.2, 0.25) is 11.8 Å². The first-order chi connectivity index (χ1) is 12.0. The third-order valence-corrected chi connectivity index (χ3v) is 4.28. The van der Waals surface area contributed by atoms with E-state index >= 15 is 0 Å². The van der Waals surface area contributed by atoms with Crippen LogP contribution in [0.1, 0.15) is 28.9 Å². The van der Waals surface area contributed by atoms with E-state index in [4.69, 9.17) is 10.5 Å². The van der Waals surface area contributed by atoms with Gasteiger partial charge < -0.3 is 15.4 Å². The number of carbonyl (C=O) groups is 2. The van der Waals surface area contributed by atoms with Gasteiger partial charge in [-0.3, -0.25) is 9.59 Å². The molecule has 130 valence electrons. The van der Waals surface area contributed by atoms with Gasteiger partial charge in [0.15, 0.2) is 0 Å². The Bertz CT molecular complexity index is 751. The molecule has 0 atom stereocenters. The summed E-state index contributed by atoms with van der Waals surface area (Å²) in [5.74, 6) is 0.521. The van der Waals surface area contributed by atoms with E-state index in [1.165, 1.54) is 0 Å². The molecule has 0 unspecified atom stereocenters. The Labute approximate surface area is 145 Å². The van der Waals surface area contributed by atoms with E-state index in [1.807, 2.05) is 13.0 Å². The highest BCUT2D eigenvalue weighted by atomic mass is 16.5. The van der Waals surface area contributed by atoms with Crippen LogP contribution >= 0.6 is 0 Å². The molecular formula is C18H20N4O3. The zero-order chi connectivity index (χ0) is 17.8. The summed E-state index contributed by atoms with van der Waals surface area (Å²) in [4.78, 5) is 25.5. The van der Waals surface area contributed by atoms with Crippen LogP contribution in [0, 0.1) is 12.8 Å². The number of carbonyl (C=O) groups excluding carboxylic acids is 2. The number of rotatable bonds is 4. The summed E-state index contributed by atoms with van der Waals surface area (Å²) in [7, 11) is 0. The van der Waals surface area contributed by atoms with Gasteiger partial charge in [0.1, 0.15) is 5.75 Å². The first kappa shape index (κ1) is 16.9. The number of nitrogens with two attached hydrogens (primary N) is 1. The van der Waals surface area contributed by atoms with Crippen LogP contribution in [0.2, 0.25) is 0 Å². The van der Waals surface area contributed by atoms with E-state index in [1.54, 1.807) is 35.2 Å². The highest BCUT2D eigenvalue weighted by Gasteiger charge is 2.26. The van der Waals surface area contributed by atoms with Crippen molar-refractivity contribution in [2.24, 2.45) is 11.7 Å². The van der Waals surface area contributed by atoms with Gasteiger partial charge in [-0.15, -0.1) is 5.10 Å². The molecule has 1 saturated heterocycles. The molecule has 7 heteroatoms. The maximum absolute atomic E-state index is 12.5. The summed E-state index contributed by atoms with van der Waals surface area (Å²) in [6.07, 6.45) is 1.24. The molecule has 3 rings (SSSR count). The van der Waals surface area contributed by atoms with Crippen molar-refractivity contribution in [1.29, 1.82) is 0 Å². The number of aromatic nitrogens is 2. The number of hydrogen-bond acceptors (Lipinski definition) is 5. The molecule has 1 aliphatic rings. The molecular weight excluding hydrogens is 320 g/mol. The molecule has 2 amide bonds. The van der Waals surface area contributed by atoms with Crippen LogP contribution in [0.25, 0.3) is 0 Å². The van der Waals surface area contributed by atoms with Gasteiger partial charge >= 0.3 is 0 Å². The van der Waals surface area contributed by atoms with E-state index in [0.717, 1.165) is 5.69 Å². The van der Waals surface area contributed by atoms with Crippen LogP contribution in [-0.2, 0) is 4.79 Å². The third kappa shape index (κ3) is 4.12. The van der Waals surface area contributed by atoms with Crippen LogP contribution in [0.5, 0.6) is 11.6 Å². The van der Waals surface area contributed by atoms with Gasteiger partial charge in [-0.25, -0.2) is 0 Å². The van der Waals surface area contributed by atoms with Crippen LogP contribution in [-0.4, -0.2) is 40.0 Å². The van der Waals surface area contributed by atoms with Gasteiger partial charge in [-0.2, -0.15) is 5.10 Å². The van der Waals surface area contributed by atoms with E-state index in [-0.39, 0.29) is 17.7 Å². The minimum Gasteiger partial charge on any atom is -0.438 e. The van der Waals surface area contributed by atoms with Crippen molar-refractivity contribution in [3.05, 3.63) is 47.7 Å². The minimum atomic E-state index is -0.284. The van der Waals surface area contributed by atoms with Crippen LogP contribution in [0.15, 0.2) is 36.4 Å². The van der Waals surface area contributed by atoms with E-state index < -0.39 is 0 Å². The average molecular weight is 340 g/mol. The van der Waals surface area contributed by atoms with Gasteiger partial charge in [0.25, 0.3) is 5.91 Å². The fourth-order valence-electron chi connectivity index (χ4n) is 2.78. The van der Waals surface area contributed by atoms with Crippen LogP contribution in [0.3, 0.4) is 0 Å². The maximum Gasteiger partial charge on any atom is 0.253 e. The lowest BCUT2D eigenvalue weighted by Crippen LogP contribution is -2.41. The van der Waals surface area contributed by atoms with Crippen LogP contribution in [0.4, 0.5) is 0 Å². The molecule has 2 N–H and O–H groups in total. The Morgan fingerprint density at radius 3 is 2.32 bits per heavy atom. The molecule has 0 radical (unpaired) electrons. The first-order valence-corrected chi connectivity index (χ1v) is 8.20. The summed E-state index contributed by atoms with van der Waals surface area (Å²) in [6.45, 7) is 2.94. The van der Waals surface area contributed by atoms with Crippen molar-refractivity contribution in [1.82, 2.24) is 15.1 Å². The van der Waals surface area contributed by atoms with Gasteiger partial charge in [0.05, 0.1) is 5.69 Å². The van der Waals surface area contributed by atoms with Gasteiger partial charge in [0, 0.05) is 30.6 Å². The molecule has 1 aromatic carbocycles. The highest BCUT2D eigenvalue weighted by Crippen LogP contribution is 2.22. The number of primary amides is 1. The number of amides is 2. The lowest BCUT2D eigenvalue weighted by Gasteiger charge is -2.30. The lowest BCUT2D eigenvalue weighted by molar-refractivity contribution is -0.123. The second-order valence-electron chi connectivity index (χ2n) is 6.11. The molecule has 0 aliphatic carbocycles. The standard InChI is InChI=1S/C18H20N4O3/c1-12-2-7-16(21-20-12)25-15-5-3-14(4-6-15)18(24)22-10-8-13(9-11-22)17(19)23/h2-7,13H,8-11H2,1H3,(H2,19,23). The average Bonchev–Trinajstić information content (AvgIpc) is 2.64. The van der Waals surface area contributed by atoms with Crippen molar-refractivity contribution < 1.29 is 14.3 Å². The Kier molecular flexibility index (Phi) is 4.92. The largest absolute Gasteiger partial charge is 0.438 e. The molecule has 1 aliphatic heterocycles. The summed E-state index contributed by atoms with van der Waals surface area (Å²) >= 11 is 0. The number of ether oxygens (including phenoxy) is 1. The quantitative estimate of drug-likeness (QED) is 0.917. The van der Waals surface area contributed by atoms with E-state index in [9.17, 15) is 9.59 Å². The van der Waals surface area contributed by atoms with Crippen molar-refractivity contribution in [3.8, 4) is 11.6 Å². The molecule has 1 aromatic heterocycles. The predicted octanol–water partition coefficient (Wildman–Crippen LogP) is 1.91. The van der Waals surface area contributed by atoms with E-state index in [0.29, 0.717) is 43.1 Å². The predicted molar refractivity (Wildman–Crippen MR) is 91.1 cm³/mol. The Hall–Kier alpha value is -2.96. The first-order valence-electron chi connectivity index (χ1n) is 8.20. The Morgan fingerprint density at radius 1 is 1.08 bits per heavy atom. The van der Waals surface area contributed by atoms with Crippen molar-refractivity contribution in [2.75, 3.05) is 13.1 Å². The fourth-order valence-corrected chi connectivity index (χ4v) is 2.78. The molecule has 2 heterocycles. The van der Waals surface area contributed by atoms with Crippen molar-refractivity contribution in [2.45, 2.75) is 19.8 Å². The number of hydrogen-bond donors (Lipinski definition) is 1. The molecule has 7 nitrogen and oxygen atoms in total. The molecule has 0 bridgehead atoms. The number of nitrogens with zero attached hydrogens (tertiary/aromatic N) is 3. The molecule has 0 saturated carbocycles. The molecule has 2 aromatic rings. The number of benzene rings is 1. The van der Waals surface area contributed by atoms with Crippen molar-refractivity contribution in [3.63, 3.8) is 0 Å². The monoisotopic (exact) mass is 340 g/mol.